The van der Waals surface area contributed by atoms with Crippen molar-refractivity contribution in [2.45, 2.75) is 78.8 Å². The van der Waals surface area contributed by atoms with Crippen molar-refractivity contribution < 1.29 is 0 Å². The standard InChI is InChI=1S/C17H36N2/c1-7-17(5,12-18-14(2)3)13-19(6)16-10-8-15(4)9-11-16/h14-16,18H,7-13H2,1-6H3. The number of nitrogens with zero attached hydrogens (tertiary/aromatic N) is 1. The second kappa shape index (κ2) is 7.64. The van der Waals surface area contributed by atoms with Crippen LogP contribution in [0.5, 0.6) is 0 Å². The molecule has 1 fully saturated rings. The summed E-state index contributed by atoms with van der Waals surface area (Å²) in [5.41, 5.74) is 0.405. The van der Waals surface area contributed by atoms with Crippen LogP contribution in [0.4, 0.5) is 0 Å². The second-order valence-electron chi connectivity index (χ2n) is 7.53. The molecule has 0 aromatic rings. The molecule has 1 N–H and O–H groups in total. The molecule has 2 heteroatoms. The van der Waals surface area contributed by atoms with Gasteiger partial charge in [-0.15, -0.1) is 0 Å². The van der Waals surface area contributed by atoms with Crippen molar-refractivity contribution in [2.24, 2.45) is 11.3 Å². The maximum absolute atomic E-state index is 3.63. The summed E-state index contributed by atoms with van der Waals surface area (Å²) in [5.74, 6) is 0.949. The van der Waals surface area contributed by atoms with Gasteiger partial charge in [0.25, 0.3) is 0 Å². The molecule has 0 bridgehead atoms. The maximum Gasteiger partial charge on any atom is 0.00926 e. The van der Waals surface area contributed by atoms with Gasteiger partial charge in [0, 0.05) is 25.2 Å². The van der Waals surface area contributed by atoms with Gasteiger partial charge in [-0.05, 0) is 50.5 Å². The van der Waals surface area contributed by atoms with E-state index in [0.717, 1.165) is 18.5 Å². The van der Waals surface area contributed by atoms with Crippen molar-refractivity contribution >= 4 is 0 Å². The van der Waals surface area contributed by atoms with Crippen LogP contribution >= 0.6 is 0 Å². The lowest BCUT2D eigenvalue weighted by atomic mass is 9.83. The third-order valence-corrected chi connectivity index (χ3v) is 5.03. The van der Waals surface area contributed by atoms with Gasteiger partial charge in [-0.2, -0.15) is 0 Å². The van der Waals surface area contributed by atoms with Gasteiger partial charge in [-0.25, -0.2) is 0 Å². The predicted molar refractivity (Wildman–Crippen MR) is 85.6 cm³/mol. The Balaban J connectivity index is 2.45. The normalized spacial score (nSPS) is 27.8. The quantitative estimate of drug-likeness (QED) is 0.753. The third kappa shape index (κ3) is 5.83. The summed E-state index contributed by atoms with van der Waals surface area (Å²) >= 11 is 0. The Labute approximate surface area is 121 Å². The highest BCUT2D eigenvalue weighted by atomic mass is 15.1. The fraction of sp³-hybridized carbons (Fsp3) is 1.00. The first-order valence-electron chi connectivity index (χ1n) is 8.30. The smallest absolute Gasteiger partial charge is 0.00926 e. The van der Waals surface area contributed by atoms with E-state index in [-0.39, 0.29) is 0 Å². The summed E-state index contributed by atoms with van der Waals surface area (Å²) in [6.45, 7) is 14.0. The first kappa shape index (κ1) is 17.0. The van der Waals surface area contributed by atoms with Crippen LogP contribution in [0.3, 0.4) is 0 Å². The summed E-state index contributed by atoms with van der Waals surface area (Å²) in [4.78, 5) is 2.64. The van der Waals surface area contributed by atoms with Crippen molar-refractivity contribution in [3.8, 4) is 0 Å². The molecule has 0 aromatic heterocycles. The summed E-state index contributed by atoms with van der Waals surface area (Å²) in [7, 11) is 2.34. The predicted octanol–water partition coefficient (Wildman–Crippen LogP) is 3.91. The van der Waals surface area contributed by atoms with Gasteiger partial charge in [-0.3, -0.25) is 0 Å². The Hall–Kier alpha value is -0.0800. The van der Waals surface area contributed by atoms with Gasteiger partial charge in [0.1, 0.15) is 0 Å². The molecule has 1 aliphatic rings. The van der Waals surface area contributed by atoms with Crippen molar-refractivity contribution in [3.05, 3.63) is 0 Å². The molecule has 19 heavy (non-hydrogen) atoms. The highest BCUT2D eigenvalue weighted by Gasteiger charge is 2.28. The Morgan fingerprint density at radius 3 is 2.26 bits per heavy atom. The summed E-state index contributed by atoms with van der Waals surface area (Å²) in [6.07, 6.45) is 6.88. The minimum atomic E-state index is 0.405. The molecule has 0 heterocycles. The van der Waals surface area contributed by atoms with Crippen LogP contribution in [0.25, 0.3) is 0 Å². The van der Waals surface area contributed by atoms with Gasteiger partial charge in [0.05, 0.1) is 0 Å². The number of hydrogen-bond donors (Lipinski definition) is 1. The van der Waals surface area contributed by atoms with Crippen molar-refractivity contribution in [2.75, 3.05) is 20.1 Å². The number of nitrogens with one attached hydrogen (secondary N) is 1. The van der Waals surface area contributed by atoms with Crippen LogP contribution < -0.4 is 5.32 Å². The topological polar surface area (TPSA) is 15.3 Å². The van der Waals surface area contributed by atoms with E-state index in [2.05, 4.69) is 51.9 Å². The highest BCUT2D eigenvalue weighted by Crippen LogP contribution is 2.29. The van der Waals surface area contributed by atoms with Crippen LogP contribution in [-0.2, 0) is 0 Å². The van der Waals surface area contributed by atoms with E-state index < -0.39 is 0 Å². The molecule has 1 atom stereocenters. The highest BCUT2D eigenvalue weighted by molar-refractivity contribution is 4.84. The molecule has 0 spiro atoms. The molecular formula is C17H36N2. The Morgan fingerprint density at radius 1 is 1.21 bits per heavy atom. The van der Waals surface area contributed by atoms with E-state index in [1.807, 2.05) is 0 Å². The van der Waals surface area contributed by atoms with Crippen LogP contribution in [0.1, 0.15) is 66.7 Å². The largest absolute Gasteiger partial charge is 0.314 e. The molecule has 1 saturated carbocycles. The van der Waals surface area contributed by atoms with Crippen molar-refractivity contribution in [1.29, 1.82) is 0 Å². The summed E-state index contributed by atoms with van der Waals surface area (Å²) in [6, 6.07) is 1.41. The van der Waals surface area contributed by atoms with Gasteiger partial charge in [0.15, 0.2) is 0 Å². The van der Waals surface area contributed by atoms with E-state index in [0.29, 0.717) is 11.5 Å². The fourth-order valence-corrected chi connectivity index (χ4v) is 3.16. The molecule has 0 saturated heterocycles. The monoisotopic (exact) mass is 268 g/mol. The molecule has 1 aliphatic carbocycles. The van der Waals surface area contributed by atoms with Crippen LogP contribution in [0.2, 0.25) is 0 Å². The summed E-state index contributed by atoms with van der Waals surface area (Å²) in [5, 5.41) is 3.63. The van der Waals surface area contributed by atoms with E-state index in [1.165, 1.54) is 38.6 Å². The lowest BCUT2D eigenvalue weighted by Gasteiger charge is -2.40. The van der Waals surface area contributed by atoms with E-state index in [9.17, 15) is 0 Å². The van der Waals surface area contributed by atoms with Crippen LogP contribution in [0, 0.1) is 11.3 Å². The van der Waals surface area contributed by atoms with E-state index in [4.69, 9.17) is 0 Å². The zero-order valence-corrected chi connectivity index (χ0v) is 14.1. The fourth-order valence-electron chi connectivity index (χ4n) is 3.16. The average molecular weight is 268 g/mol. The Bertz CT molecular complexity index is 244. The molecular weight excluding hydrogens is 232 g/mol. The van der Waals surface area contributed by atoms with Gasteiger partial charge < -0.3 is 10.2 Å². The summed E-state index contributed by atoms with van der Waals surface area (Å²) < 4.78 is 0. The average Bonchev–Trinajstić information content (AvgIpc) is 2.37. The van der Waals surface area contributed by atoms with Crippen LogP contribution in [-0.4, -0.2) is 37.1 Å². The van der Waals surface area contributed by atoms with Crippen molar-refractivity contribution in [3.63, 3.8) is 0 Å². The van der Waals surface area contributed by atoms with E-state index in [1.54, 1.807) is 0 Å². The molecule has 1 rings (SSSR count). The second-order valence-corrected chi connectivity index (χ2v) is 7.53. The van der Waals surface area contributed by atoms with Gasteiger partial charge >= 0.3 is 0 Å². The molecule has 0 aliphatic heterocycles. The third-order valence-electron chi connectivity index (χ3n) is 5.03. The number of rotatable bonds is 7. The minimum absolute atomic E-state index is 0.405. The lowest BCUT2D eigenvalue weighted by molar-refractivity contribution is 0.107. The maximum atomic E-state index is 3.63. The Morgan fingerprint density at radius 2 is 1.79 bits per heavy atom. The molecule has 114 valence electrons. The van der Waals surface area contributed by atoms with Gasteiger partial charge in [-0.1, -0.05) is 34.6 Å². The van der Waals surface area contributed by atoms with Gasteiger partial charge in [0.2, 0.25) is 0 Å². The molecule has 0 radical (unpaired) electrons. The lowest BCUT2D eigenvalue weighted by Crippen LogP contribution is -2.46. The Kier molecular flexibility index (Phi) is 6.82. The molecule has 1 unspecified atom stereocenters. The first-order chi connectivity index (χ1) is 8.86. The SMILES string of the molecule is CCC(C)(CNC(C)C)CN(C)C1CCC(C)CC1. The van der Waals surface area contributed by atoms with E-state index >= 15 is 0 Å². The molecule has 0 aromatic carbocycles. The molecule has 2 nitrogen and oxygen atoms in total. The molecule has 0 amide bonds. The van der Waals surface area contributed by atoms with Crippen molar-refractivity contribution in [1.82, 2.24) is 10.2 Å². The van der Waals surface area contributed by atoms with Crippen LogP contribution in [0.15, 0.2) is 0 Å². The number of hydrogen-bond acceptors (Lipinski definition) is 2. The minimum Gasteiger partial charge on any atom is -0.314 e. The first-order valence-corrected chi connectivity index (χ1v) is 8.30. The zero-order chi connectivity index (χ0) is 14.5. The zero-order valence-electron chi connectivity index (χ0n) is 14.1.